The summed E-state index contributed by atoms with van der Waals surface area (Å²) in [5.41, 5.74) is 0.127. The number of nitrogens with zero attached hydrogens (tertiary/aromatic N) is 1. The van der Waals surface area contributed by atoms with Crippen LogP contribution in [0, 0.1) is 5.82 Å². The molecule has 1 aliphatic rings. The number of anilines is 1. The molecule has 1 aromatic rings. The molecule has 100 valence electrons. The number of carboxylic acids is 1. The SMILES string of the molecule is O=C(O)C[C@@H]1SC(=O)N(c2ccc(F)c(Cl)c2)C1=O. The van der Waals surface area contributed by atoms with E-state index in [0.717, 1.165) is 17.0 Å². The third kappa shape index (κ3) is 2.71. The quantitative estimate of drug-likeness (QED) is 0.928. The van der Waals surface area contributed by atoms with Crippen LogP contribution < -0.4 is 4.90 Å². The number of imide groups is 1. The minimum atomic E-state index is -1.17. The van der Waals surface area contributed by atoms with Crippen LogP contribution in [-0.4, -0.2) is 27.5 Å². The number of carbonyl (C=O) groups excluding carboxylic acids is 2. The van der Waals surface area contributed by atoms with Crippen LogP contribution in [0.25, 0.3) is 0 Å². The summed E-state index contributed by atoms with van der Waals surface area (Å²) in [6.07, 6.45) is -0.444. The van der Waals surface area contributed by atoms with Crippen molar-refractivity contribution >= 4 is 46.2 Å². The van der Waals surface area contributed by atoms with Gasteiger partial charge in [0.1, 0.15) is 11.1 Å². The third-order valence-corrected chi connectivity index (χ3v) is 3.77. The molecule has 0 radical (unpaired) electrons. The molecule has 2 rings (SSSR count). The smallest absolute Gasteiger partial charge is 0.305 e. The van der Waals surface area contributed by atoms with Gasteiger partial charge in [0.05, 0.1) is 17.1 Å². The van der Waals surface area contributed by atoms with E-state index in [2.05, 4.69) is 0 Å². The van der Waals surface area contributed by atoms with Crippen molar-refractivity contribution < 1.29 is 23.9 Å². The fourth-order valence-electron chi connectivity index (χ4n) is 1.60. The first-order chi connectivity index (χ1) is 8.90. The molecule has 5 nitrogen and oxygen atoms in total. The number of carboxylic acid groups (broad SMARTS) is 1. The van der Waals surface area contributed by atoms with Crippen LogP contribution in [0.5, 0.6) is 0 Å². The number of halogens is 2. The van der Waals surface area contributed by atoms with E-state index < -0.39 is 34.6 Å². The molecule has 1 atom stereocenters. The molecule has 0 aliphatic carbocycles. The summed E-state index contributed by atoms with van der Waals surface area (Å²) < 4.78 is 13.0. The van der Waals surface area contributed by atoms with E-state index in [1.165, 1.54) is 6.07 Å². The number of rotatable bonds is 3. The van der Waals surface area contributed by atoms with Crippen molar-refractivity contribution in [3.05, 3.63) is 29.0 Å². The van der Waals surface area contributed by atoms with Gasteiger partial charge in [0.25, 0.3) is 5.24 Å². The zero-order valence-electron chi connectivity index (χ0n) is 9.30. The van der Waals surface area contributed by atoms with Gasteiger partial charge in [-0.15, -0.1) is 0 Å². The number of hydrogen-bond acceptors (Lipinski definition) is 4. The molecule has 1 N–H and O–H groups in total. The number of aliphatic carboxylic acids is 1. The maximum Gasteiger partial charge on any atom is 0.305 e. The summed E-state index contributed by atoms with van der Waals surface area (Å²) in [6, 6.07) is 3.42. The zero-order chi connectivity index (χ0) is 14.2. The summed E-state index contributed by atoms with van der Waals surface area (Å²) in [6.45, 7) is 0. The summed E-state index contributed by atoms with van der Waals surface area (Å²) in [7, 11) is 0. The van der Waals surface area contributed by atoms with Crippen LogP contribution in [0.3, 0.4) is 0 Å². The molecule has 1 aromatic carbocycles. The molecule has 1 heterocycles. The monoisotopic (exact) mass is 303 g/mol. The Morgan fingerprint density at radius 3 is 2.74 bits per heavy atom. The summed E-state index contributed by atoms with van der Waals surface area (Å²) >= 11 is 6.22. The lowest BCUT2D eigenvalue weighted by molar-refractivity contribution is -0.138. The largest absolute Gasteiger partial charge is 0.481 e. The molecule has 0 saturated carbocycles. The van der Waals surface area contributed by atoms with Crippen molar-refractivity contribution in [2.75, 3.05) is 4.90 Å². The molecule has 0 aromatic heterocycles. The molecule has 0 bridgehead atoms. The van der Waals surface area contributed by atoms with Gasteiger partial charge in [-0.2, -0.15) is 0 Å². The second kappa shape index (κ2) is 5.18. The lowest BCUT2D eigenvalue weighted by Crippen LogP contribution is -2.32. The first kappa shape index (κ1) is 13.8. The minimum Gasteiger partial charge on any atom is -0.481 e. The molecule has 0 unspecified atom stereocenters. The molecule has 8 heteroatoms. The standard InChI is InChI=1S/C11H7ClFNO4S/c12-6-3-5(1-2-7(6)13)14-10(17)8(4-9(15)16)19-11(14)18/h1-3,8H,4H2,(H,15,16)/t8-/m0/s1. The predicted molar refractivity (Wildman–Crippen MR) is 67.9 cm³/mol. The zero-order valence-corrected chi connectivity index (χ0v) is 10.9. The molecule has 1 aliphatic heterocycles. The Labute approximate surface area is 116 Å². The van der Waals surface area contributed by atoms with Crippen LogP contribution in [0.1, 0.15) is 6.42 Å². The van der Waals surface area contributed by atoms with E-state index in [-0.39, 0.29) is 10.7 Å². The number of benzene rings is 1. The molecular formula is C11H7ClFNO4S. The van der Waals surface area contributed by atoms with Crippen molar-refractivity contribution in [2.24, 2.45) is 0 Å². The van der Waals surface area contributed by atoms with E-state index in [4.69, 9.17) is 16.7 Å². The maximum atomic E-state index is 13.0. The van der Waals surface area contributed by atoms with Crippen molar-refractivity contribution in [1.29, 1.82) is 0 Å². The van der Waals surface area contributed by atoms with Gasteiger partial charge in [0.15, 0.2) is 0 Å². The summed E-state index contributed by atoms with van der Waals surface area (Å²) in [4.78, 5) is 35.0. The van der Waals surface area contributed by atoms with E-state index in [1.54, 1.807) is 0 Å². The van der Waals surface area contributed by atoms with Gasteiger partial charge >= 0.3 is 5.97 Å². The molecule has 19 heavy (non-hydrogen) atoms. The number of carbonyl (C=O) groups is 3. The Bertz CT molecular complexity index is 580. The maximum absolute atomic E-state index is 13.0. The molecular weight excluding hydrogens is 297 g/mol. The Kier molecular flexibility index (Phi) is 3.77. The predicted octanol–water partition coefficient (Wildman–Crippen LogP) is 2.52. The van der Waals surface area contributed by atoms with Gasteiger partial charge in [-0.05, 0) is 30.0 Å². The van der Waals surface area contributed by atoms with Crippen molar-refractivity contribution in [1.82, 2.24) is 0 Å². The van der Waals surface area contributed by atoms with E-state index >= 15 is 0 Å². The average Bonchev–Trinajstić information content (AvgIpc) is 2.58. The summed E-state index contributed by atoms with van der Waals surface area (Å²) in [5, 5.41) is 6.87. The van der Waals surface area contributed by atoms with Crippen molar-refractivity contribution in [2.45, 2.75) is 11.7 Å². The summed E-state index contributed by atoms with van der Waals surface area (Å²) in [5.74, 6) is -2.48. The molecule has 1 saturated heterocycles. The van der Waals surface area contributed by atoms with E-state index in [0.29, 0.717) is 11.8 Å². The fourth-order valence-corrected chi connectivity index (χ4v) is 2.75. The molecule has 1 fully saturated rings. The Hall–Kier alpha value is -1.60. The van der Waals surface area contributed by atoms with Gasteiger partial charge in [-0.25, -0.2) is 9.29 Å². The van der Waals surface area contributed by atoms with Crippen molar-refractivity contribution in [3.8, 4) is 0 Å². The van der Waals surface area contributed by atoms with Gasteiger partial charge < -0.3 is 5.11 Å². The van der Waals surface area contributed by atoms with Gasteiger partial charge in [-0.3, -0.25) is 14.4 Å². The fraction of sp³-hybridized carbons (Fsp3) is 0.182. The number of amides is 2. The normalized spacial score (nSPS) is 19.1. The lowest BCUT2D eigenvalue weighted by atomic mass is 10.2. The van der Waals surface area contributed by atoms with Crippen molar-refractivity contribution in [3.63, 3.8) is 0 Å². The highest BCUT2D eigenvalue weighted by Crippen LogP contribution is 2.34. The van der Waals surface area contributed by atoms with Gasteiger partial charge in [0, 0.05) is 0 Å². The Morgan fingerprint density at radius 1 is 1.47 bits per heavy atom. The second-order valence-corrected chi connectivity index (χ2v) is 5.30. The van der Waals surface area contributed by atoms with Crippen LogP contribution in [-0.2, 0) is 9.59 Å². The van der Waals surface area contributed by atoms with Crippen LogP contribution in [0.2, 0.25) is 5.02 Å². The lowest BCUT2D eigenvalue weighted by Gasteiger charge is -2.13. The number of hydrogen-bond donors (Lipinski definition) is 1. The molecule has 0 spiro atoms. The highest BCUT2D eigenvalue weighted by Gasteiger charge is 2.41. The number of thioether (sulfide) groups is 1. The Balaban J connectivity index is 2.29. The second-order valence-electron chi connectivity index (χ2n) is 3.74. The minimum absolute atomic E-state index is 0.127. The topological polar surface area (TPSA) is 74.7 Å². The highest BCUT2D eigenvalue weighted by molar-refractivity contribution is 8.15. The van der Waals surface area contributed by atoms with Crippen LogP contribution in [0.15, 0.2) is 18.2 Å². The van der Waals surface area contributed by atoms with E-state index in [1.807, 2.05) is 0 Å². The van der Waals surface area contributed by atoms with E-state index in [9.17, 15) is 18.8 Å². The van der Waals surface area contributed by atoms with Crippen LogP contribution in [0.4, 0.5) is 14.9 Å². The molecule has 2 amide bonds. The first-order valence-electron chi connectivity index (χ1n) is 5.11. The first-order valence-corrected chi connectivity index (χ1v) is 6.37. The van der Waals surface area contributed by atoms with Gasteiger partial charge in [-0.1, -0.05) is 11.6 Å². The Morgan fingerprint density at radius 2 is 2.16 bits per heavy atom. The van der Waals surface area contributed by atoms with Gasteiger partial charge in [0.2, 0.25) is 5.91 Å². The average molecular weight is 304 g/mol. The van der Waals surface area contributed by atoms with Crippen LogP contribution >= 0.6 is 23.4 Å². The highest BCUT2D eigenvalue weighted by atomic mass is 35.5. The third-order valence-electron chi connectivity index (χ3n) is 2.44.